The topological polar surface area (TPSA) is 59.8 Å². The molecule has 0 bridgehead atoms. The van der Waals surface area contributed by atoms with Crippen molar-refractivity contribution in [3.05, 3.63) is 96.4 Å². The van der Waals surface area contributed by atoms with E-state index >= 15 is 0 Å². The van der Waals surface area contributed by atoms with Gasteiger partial charge in [0.1, 0.15) is 17.2 Å². The lowest BCUT2D eigenvalue weighted by atomic mass is 10.1. The summed E-state index contributed by atoms with van der Waals surface area (Å²) in [6.45, 7) is 0.460. The number of benzene rings is 2. The smallest absolute Gasteiger partial charge is 0.270 e. The third-order valence-electron chi connectivity index (χ3n) is 4.57. The molecule has 2 aromatic heterocycles. The van der Waals surface area contributed by atoms with Gasteiger partial charge in [0.15, 0.2) is 0 Å². The van der Waals surface area contributed by atoms with Crippen molar-refractivity contribution in [2.24, 2.45) is 7.05 Å². The first-order chi connectivity index (χ1) is 13.7. The van der Waals surface area contributed by atoms with Crippen LogP contribution in [0, 0.1) is 0 Å². The van der Waals surface area contributed by atoms with Gasteiger partial charge in [-0.2, -0.15) is 0 Å². The van der Waals surface area contributed by atoms with Crippen LogP contribution in [0.3, 0.4) is 0 Å². The third kappa shape index (κ3) is 3.55. The van der Waals surface area contributed by atoms with Crippen LogP contribution in [-0.2, 0) is 13.6 Å². The molecule has 0 aliphatic rings. The number of carbonyl (C=O) groups is 1. The van der Waals surface area contributed by atoms with Crippen molar-refractivity contribution in [3.63, 3.8) is 0 Å². The predicted molar refractivity (Wildman–Crippen MR) is 109 cm³/mol. The molecule has 5 nitrogen and oxygen atoms in total. The molecule has 4 aromatic rings. The quantitative estimate of drug-likeness (QED) is 0.577. The fraction of sp³-hybridized carbons (Fsp3) is 0.0870. The standard InChI is InChI=1S/C23H20N4O/c1-27-21(23(28)25-15-17-9-4-2-5-10-17)20(18-11-6-3-7-12-18)26-22(27)19-13-8-14-24-16-19/h2-14,16H,15H2,1H3,(H,25,28). The third-order valence-corrected chi connectivity index (χ3v) is 4.57. The zero-order chi connectivity index (χ0) is 19.3. The molecule has 138 valence electrons. The molecule has 0 aliphatic heterocycles. The Bertz CT molecular complexity index is 1070. The average Bonchev–Trinajstić information content (AvgIpc) is 3.11. The molecule has 0 spiro atoms. The Hall–Kier alpha value is -3.73. The molecule has 1 amide bonds. The zero-order valence-corrected chi connectivity index (χ0v) is 15.5. The summed E-state index contributed by atoms with van der Waals surface area (Å²) in [7, 11) is 1.86. The monoisotopic (exact) mass is 368 g/mol. The van der Waals surface area contributed by atoms with Crippen LogP contribution >= 0.6 is 0 Å². The lowest BCUT2D eigenvalue weighted by Gasteiger charge is -2.09. The number of aromatic nitrogens is 3. The molecule has 0 radical (unpaired) electrons. The number of nitrogens with one attached hydrogen (secondary N) is 1. The minimum absolute atomic E-state index is 0.159. The van der Waals surface area contributed by atoms with Gasteiger partial charge in [0, 0.05) is 37.1 Å². The molecule has 0 unspecified atom stereocenters. The second kappa shape index (κ2) is 7.88. The van der Waals surface area contributed by atoms with Crippen molar-refractivity contribution < 1.29 is 4.79 Å². The highest BCUT2D eigenvalue weighted by atomic mass is 16.2. The van der Waals surface area contributed by atoms with Gasteiger partial charge >= 0.3 is 0 Å². The fourth-order valence-corrected chi connectivity index (χ4v) is 3.17. The van der Waals surface area contributed by atoms with Crippen molar-refractivity contribution in [2.75, 3.05) is 0 Å². The van der Waals surface area contributed by atoms with Gasteiger partial charge in [-0.1, -0.05) is 60.7 Å². The van der Waals surface area contributed by atoms with E-state index < -0.39 is 0 Å². The Labute approximate surface area is 163 Å². The highest BCUT2D eigenvalue weighted by Crippen LogP contribution is 2.28. The van der Waals surface area contributed by atoms with Gasteiger partial charge in [0.2, 0.25) is 0 Å². The average molecular weight is 368 g/mol. The van der Waals surface area contributed by atoms with Crippen molar-refractivity contribution in [3.8, 4) is 22.6 Å². The summed E-state index contributed by atoms with van der Waals surface area (Å²) in [5, 5.41) is 3.02. The number of amides is 1. The second-order valence-electron chi connectivity index (χ2n) is 6.47. The number of nitrogens with zero attached hydrogens (tertiary/aromatic N) is 3. The Morgan fingerprint density at radius 2 is 1.61 bits per heavy atom. The molecule has 28 heavy (non-hydrogen) atoms. The lowest BCUT2D eigenvalue weighted by Crippen LogP contribution is -2.25. The van der Waals surface area contributed by atoms with E-state index in [0.717, 1.165) is 16.7 Å². The summed E-state index contributed by atoms with van der Waals surface area (Å²) in [5.74, 6) is 0.546. The summed E-state index contributed by atoms with van der Waals surface area (Å²) in [5.41, 5.74) is 4.00. The second-order valence-corrected chi connectivity index (χ2v) is 6.47. The highest BCUT2D eigenvalue weighted by molar-refractivity contribution is 5.99. The Morgan fingerprint density at radius 1 is 0.929 bits per heavy atom. The SMILES string of the molecule is Cn1c(-c2cccnc2)nc(-c2ccccc2)c1C(=O)NCc1ccccc1. The summed E-state index contributed by atoms with van der Waals surface area (Å²) in [6, 6.07) is 23.4. The maximum atomic E-state index is 13.1. The van der Waals surface area contributed by atoms with Crippen LogP contribution in [0.25, 0.3) is 22.6 Å². The van der Waals surface area contributed by atoms with Gasteiger partial charge < -0.3 is 9.88 Å². The van der Waals surface area contributed by atoms with E-state index in [1.54, 1.807) is 12.4 Å². The highest BCUT2D eigenvalue weighted by Gasteiger charge is 2.22. The summed E-state index contributed by atoms with van der Waals surface area (Å²) >= 11 is 0. The van der Waals surface area contributed by atoms with Crippen LogP contribution in [0.4, 0.5) is 0 Å². The normalized spacial score (nSPS) is 10.6. The first kappa shape index (κ1) is 17.7. The Balaban J connectivity index is 1.74. The Morgan fingerprint density at radius 3 is 2.29 bits per heavy atom. The minimum Gasteiger partial charge on any atom is -0.347 e. The van der Waals surface area contributed by atoms with Gasteiger partial charge in [-0.25, -0.2) is 4.98 Å². The maximum absolute atomic E-state index is 13.1. The van der Waals surface area contributed by atoms with E-state index in [-0.39, 0.29) is 5.91 Å². The first-order valence-corrected chi connectivity index (χ1v) is 9.08. The van der Waals surface area contributed by atoms with Crippen molar-refractivity contribution in [1.29, 1.82) is 0 Å². The van der Waals surface area contributed by atoms with Crippen molar-refractivity contribution in [2.45, 2.75) is 6.54 Å². The molecule has 0 aliphatic carbocycles. The number of carbonyl (C=O) groups excluding carboxylic acids is 1. The molecule has 4 rings (SSSR count). The molecule has 1 N–H and O–H groups in total. The molecule has 0 saturated heterocycles. The van der Waals surface area contributed by atoms with Gasteiger partial charge in [-0.15, -0.1) is 0 Å². The molecule has 2 aromatic carbocycles. The van der Waals surface area contributed by atoms with E-state index in [2.05, 4.69) is 10.3 Å². The summed E-state index contributed by atoms with van der Waals surface area (Å²) in [4.78, 5) is 22.1. The van der Waals surface area contributed by atoms with Crippen LogP contribution in [0.2, 0.25) is 0 Å². The van der Waals surface area contributed by atoms with Gasteiger partial charge in [0.05, 0.1) is 0 Å². The lowest BCUT2D eigenvalue weighted by molar-refractivity contribution is 0.0943. The minimum atomic E-state index is -0.159. The first-order valence-electron chi connectivity index (χ1n) is 9.08. The van der Waals surface area contributed by atoms with E-state index in [9.17, 15) is 4.79 Å². The predicted octanol–water partition coefficient (Wildman–Crippen LogP) is 4.08. The van der Waals surface area contributed by atoms with E-state index in [1.807, 2.05) is 84.4 Å². The number of pyridine rings is 1. The van der Waals surface area contributed by atoms with Crippen LogP contribution < -0.4 is 5.32 Å². The van der Waals surface area contributed by atoms with Crippen LogP contribution in [-0.4, -0.2) is 20.4 Å². The number of imidazole rings is 1. The Kier molecular flexibility index (Phi) is 4.97. The zero-order valence-electron chi connectivity index (χ0n) is 15.5. The number of hydrogen-bond acceptors (Lipinski definition) is 3. The van der Waals surface area contributed by atoms with Crippen molar-refractivity contribution >= 4 is 5.91 Å². The van der Waals surface area contributed by atoms with Crippen LogP contribution in [0.5, 0.6) is 0 Å². The number of hydrogen-bond donors (Lipinski definition) is 1. The molecule has 5 heteroatoms. The molecular formula is C23H20N4O. The maximum Gasteiger partial charge on any atom is 0.270 e. The molecular weight excluding hydrogens is 348 g/mol. The molecule has 0 atom stereocenters. The fourth-order valence-electron chi connectivity index (χ4n) is 3.17. The molecule has 0 fully saturated rings. The summed E-state index contributed by atoms with van der Waals surface area (Å²) in [6.07, 6.45) is 3.47. The van der Waals surface area contributed by atoms with E-state index in [1.165, 1.54) is 0 Å². The van der Waals surface area contributed by atoms with E-state index in [4.69, 9.17) is 4.98 Å². The number of rotatable bonds is 5. The van der Waals surface area contributed by atoms with Gasteiger partial charge in [0.25, 0.3) is 5.91 Å². The van der Waals surface area contributed by atoms with Crippen LogP contribution in [0.15, 0.2) is 85.2 Å². The summed E-state index contributed by atoms with van der Waals surface area (Å²) < 4.78 is 1.83. The molecule has 0 saturated carbocycles. The van der Waals surface area contributed by atoms with Gasteiger partial charge in [-0.3, -0.25) is 9.78 Å². The van der Waals surface area contributed by atoms with Gasteiger partial charge in [-0.05, 0) is 17.7 Å². The largest absolute Gasteiger partial charge is 0.347 e. The van der Waals surface area contributed by atoms with Crippen LogP contribution in [0.1, 0.15) is 16.1 Å². The molecule has 2 heterocycles. The van der Waals surface area contributed by atoms with E-state index in [0.29, 0.717) is 23.8 Å². The van der Waals surface area contributed by atoms with Crippen molar-refractivity contribution in [1.82, 2.24) is 19.9 Å².